The number of aryl methyl sites for hydroxylation is 1. The number of likely N-dealkylation sites (N-methyl/N-ethyl adjacent to an activating group) is 1. The lowest BCUT2D eigenvalue weighted by Gasteiger charge is -2.15. The first kappa shape index (κ1) is 22.1. The van der Waals surface area contributed by atoms with E-state index >= 15 is 0 Å². The molecule has 2 aromatic carbocycles. The molecule has 0 saturated carbocycles. The normalized spacial score (nSPS) is 15.3. The average molecular weight is 539 g/mol. The maximum absolute atomic E-state index is 12.5. The smallest absolute Gasteiger partial charge is 0.266 e. The van der Waals surface area contributed by atoms with Gasteiger partial charge in [0, 0.05) is 6.54 Å². The van der Waals surface area contributed by atoms with Crippen LogP contribution in [0.1, 0.15) is 30.5 Å². The van der Waals surface area contributed by atoms with Crippen molar-refractivity contribution in [3.05, 3.63) is 61.6 Å². The van der Waals surface area contributed by atoms with E-state index in [1.807, 2.05) is 44.2 Å². The van der Waals surface area contributed by atoms with Crippen LogP contribution in [-0.2, 0) is 11.4 Å². The van der Waals surface area contributed by atoms with E-state index in [4.69, 9.17) is 21.7 Å². The average Bonchev–Trinajstić information content (AvgIpc) is 2.94. The molecule has 7 heteroatoms. The summed E-state index contributed by atoms with van der Waals surface area (Å²) in [5.74, 6) is 1.34. The molecule has 1 aliphatic heterocycles. The van der Waals surface area contributed by atoms with E-state index in [-0.39, 0.29) is 5.91 Å². The van der Waals surface area contributed by atoms with Crippen LogP contribution in [0.25, 0.3) is 6.08 Å². The molecular weight excluding hydrogens is 517 g/mol. The third-order valence-corrected chi connectivity index (χ3v) is 6.46. The van der Waals surface area contributed by atoms with Gasteiger partial charge in [0.1, 0.15) is 10.9 Å². The van der Waals surface area contributed by atoms with Gasteiger partial charge in [-0.3, -0.25) is 9.69 Å². The Balaban J connectivity index is 1.87. The maximum Gasteiger partial charge on any atom is 0.266 e. The molecule has 29 heavy (non-hydrogen) atoms. The van der Waals surface area contributed by atoms with Crippen molar-refractivity contribution >= 4 is 62.9 Å². The first-order valence-electron chi connectivity index (χ1n) is 9.33. The highest BCUT2D eigenvalue weighted by molar-refractivity contribution is 14.1. The summed E-state index contributed by atoms with van der Waals surface area (Å²) in [4.78, 5) is 14.7. The lowest BCUT2D eigenvalue weighted by Crippen LogP contribution is -2.27. The zero-order valence-electron chi connectivity index (χ0n) is 16.5. The number of thiocarbonyl (C=S) groups is 1. The zero-order valence-corrected chi connectivity index (χ0v) is 20.3. The van der Waals surface area contributed by atoms with Crippen LogP contribution in [0.2, 0.25) is 0 Å². The molecule has 2 aromatic rings. The number of hydrogen-bond acceptors (Lipinski definition) is 5. The van der Waals surface area contributed by atoms with Crippen molar-refractivity contribution in [3.63, 3.8) is 0 Å². The highest BCUT2D eigenvalue weighted by atomic mass is 127. The van der Waals surface area contributed by atoms with Gasteiger partial charge in [0.25, 0.3) is 5.91 Å². The van der Waals surface area contributed by atoms with Gasteiger partial charge in [-0.2, -0.15) is 0 Å². The van der Waals surface area contributed by atoms with Gasteiger partial charge in [-0.15, -0.1) is 0 Å². The van der Waals surface area contributed by atoms with Crippen LogP contribution in [0.4, 0.5) is 0 Å². The number of thioether (sulfide) groups is 1. The third kappa shape index (κ3) is 5.32. The minimum atomic E-state index is -0.0461. The van der Waals surface area contributed by atoms with Crippen LogP contribution in [0.5, 0.6) is 11.5 Å². The molecule has 0 aromatic heterocycles. The molecule has 1 fully saturated rings. The van der Waals surface area contributed by atoms with E-state index in [9.17, 15) is 4.79 Å². The summed E-state index contributed by atoms with van der Waals surface area (Å²) >= 11 is 8.87. The summed E-state index contributed by atoms with van der Waals surface area (Å²) in [7, 11) is 0. The van der Waals surface area contributed by atoms with Crippen molar-refractivity contribution in [1.82, 2.24) is 4.90 Å². The number of nitrogens with zero attached hydrogens (tertiary/aromatic N) is 1. The van der Waals surface area contributed by atoms with E-state index in [1.54, 1.807) is 4.90 Å². The Hall–Kier alpha value is -1.58. The van der Waals surface area contributed by atoms with E-state index in [2.05, 4.69) is 41.6 Å². The summed E-state index contributed by atoms with van der Waals surface area (Å²) in [6.45, 7) is 7.50. The van der Waals surface area contributed by atoms with Gasteiger partial charge in [-0.1, -0.05) is 53.8 Å². The molecule has 0 radical (unpaired) electrons. The second-order valence-corrected chi connectivity index (χ2v) is 9.30. The van der Waals surface area contributed by atoms with Gasteiger partial charge < -0.3 is 9.47 Å². The third-order valence-electron chi connectivity index (χ3n) is 4.28. The van der Waals surface area contributed by atoms with Crippen molar-refractivity contribution in [2.45, 2.75) is 27.4 Å². The molecule has 1 saturated heterocycles. The van der Waals surface area contributed by atoms with Crippen LogP contribution in [0.3, 0.4) is 0 Å². The fourth-order valence-corrected chi connectivity index (χ4v) is 5.12. The van der Waals surface area contributed by atoms with E-state index in [0.29, 0.717) is 40.5 Å². The molecule has 3 rings (SSSR count). The van der Waals surface area contributed by atoms with E-state index < -0.39 is 0 Å². The van der Waals surface area contributed by atoms with E-state index in [0.717, 1.165) is 14.7 Å². The Labute approximate surface area is 194 Å². The van der Waals surface area contributed by atoms with Crippen LogP contribution < -0.4 is 9.47 Å². The minimum Gasteiger partial charge on any atom is -0.490 e. The first-order chi connectivity index (χ1) is 13.9. The monoisotopic (exact) mass is 539 g/mol. The molecule has 1 heterocycles. The van der Waals surface area contributed by atoms with Crippen LogP contribution >= 0.6 is 46.6 Å². The molecule has 0 spiro atoms. The summed E-state index contributed by atoms with van der Waals surface area (Å²) in [6, 6.07) is 12.2. The number of rotatable bonds is 7. The van der Waals surface area contributed by atoms with Gasteiger partial charge in [-0.25, -0.2) is 0 Å². The molecule has 1 aliphatic rings. The predicted molar refractivity (Wildman–Crippen MR) is 131 cm³/mol. The summed E-state index contributed by atoms with van der Waals surface area (Å²) in [5.41, 5.74) is 3.19. The number of carbonyl (C=O) groups is 1. The Bertz CT molecular complexity index is 975. The van der Waals surface area contributed by atoms with E-state index in [1.165, 1.54) is 17.3 Å². The number of amides is 1. The fraction of sp³-hybridized carbons (Fsp3) is 0.273. The van der Waals surface area contributed by atoms with Gasteiger partial charge in [-0.05, 0) is 72.7 Å². The van der Waals surface area contributed by atoms with Gasteiger partial charge in [0.05, 0.1) is 15.1 Å². The highest BCUT2D eigenvalue weighted by Crippen LogP contribution is 2.38. The Morgan fingerprint density at radius 2 is 2.00 bits per heavy atom. The lowest BCUT2D eigenvalue weighted by molar-refractivity contribution is -0.121. The second kappa shape index (κ2) is 9.95. The molecule has 1 amide bonds. The zero-order chi connectivity index (χ0) is 21.0. The Morgan fingerprint density at radius 1 is 1.21 bits per heavy atom. The molecule has 0 aliphatic carbocycles. The van der Waals surface area contributed by atoms with Crippen molar-refractivity contribution in [3.8, 4) is 11.5 Å². The van der Waals surface area contributed by atoms with Crippen LogP contribution in [-0.4, -0.2) is 28.3 Å². The highest BCUT2D eigenvalue weighted by Gasteiger charge is 2.30. The standard InChI is InChI=1S/C22H22INO3S2/c1-4-24-21(25)19(29-22(24)28)12-16-10-17(23)20(18(11-16)26-5-2)27-13-15-8-6-7-14(3)9-15/h6-12H,4-5,13H2,1-3H3/b19-12-. The van der Waals surface area contributed by atoms with Crippen LogP contribution in [0.15, 0.2) is 41.3 Å². The van der Waals surface area contributed by atoms with Gasteiger partial charge in [0.2, 0.25) is 0 Å². The molecule has 0 bridgehead atoms. The molecule has 0 unspecified atom stereocenters. The molecule has 4 nitrogen and oxygen atoms in total. The lowest BCUT2D eigenvalue weighted by atomic mass is 10.1. The van der Waals surface area contributed by atoms with Gasteiger partial charge >= 0.3 is 0 Å². The second-order valence-electron chi connectivity index (χ2n) is 6.47. The first-order valence-corrected chi connectivity index (χ1v) is 11.6. The SMILES string of the molecule is CCOc1cc(/C=C2\SC(=S)N(CC)C2=O)cc(I)c1OCc1cccc(C)c1. The maximum atomic E-state index is 12.5. The predicted octanol–water partition coefficient (Wildman–Crippen LogP) is 5.80. The summed E-state index contributed by atoms with van der Waals surface area (Å²) in [6.07, 6.45) is 1.87. The summed E-state index contributed by atoms with van der Waals surface area (Å²) < 4.78 is 13.5. The fourth-order valence-electron chi connectivity index (χ4n) is 2.96. The van der Waals surface area contributed by atoms with Crippen molar-refractivity contribution < 1.29 is 14.3 Å². The topological polar surface area (TPSA) is 38.8 Å². The minimum absolute atomic E-state index is 0.0461. The molecule has 0 atom stereocenters. The number of benzene rings is 2. The number of hydrogen-bond donors (Lipinski definition) is 0. The number of halogens is 1. The largest absolute Gasteiger partial charge is 0.490 e. The van der Waals surface area contributed by atoms with Crippen LogP contribution in [0, 0.1) is 10.5 Å². The quantitative estimate of drug-likeness (QED) is 0.253. The van der Waals surface area contributed by atoms with Gasteiger partial charge in [0.15, 0.2) is 11.5 Å². The van der Waals surface area contributed by atoms with Crippen molar-refractivity contribution in [1.29, 1.82) is 0 Å². The Morgan fingerprint density at radius 3 is 2.66 bits per heavy atom. The number of carbonyl (C=O) groups excluding carboxylic acids is 1. The molecule has 0 N–H and O–H groups in total. The molecular formula is C22H22INO3S2. The number of ether oxygens (including phenoxy) is 2. The molecule has 152 valence electrons. The summed E-state index contributed by atoms with van der Waals surface area (Å²) in [5, 5.41) is 0. The van der Waals surface area contributed by atoms with Crippen molar-refractivity contribution in [2.24, 2.45) is 0 Å². The van der Waals surface area contributed by atoms with Crippen molar-refractivity contribution in [2.75, 3.05) is 13.2 Å². The Kier molecular flexibility index (Phi) is 7.59.